The molecule has 5 heteroatoms. The predicted octanol–water partition coefficient (Wildman–Crippen LogP) is 2.34. The van der Waals surface area contributed by atoms with E-state index < -0.39 is 5.97 Å². The molecule has 1 spiro atoms. The van der Waals surface area contributed by atoms with Crippen LogP contribution >= 0.6 is 0 Å². The van der Waals surface area contributed by atoms with Gasteiger partial charge in [0.2, 0.25) is 5.91 Å². The van der Waals surface area contributed by atoms with Gasteiger partial charge in [-0.15, -0.1) is 0 Å². The van der Waals surface area contributed by atoms with Crippen LogP contribution in [0.15, 0.2) is 0 Å². The molecule has 0 aromatic rings. The molecule has 2 atom stereocenters. The molecule has 124 valence electrons. The molecule has 3 fully saturated rings. The lowest BCUT2D eigenvalue weighted by atomic mass is 9.51. The molecule has 3 saturated carbocycles. The SMILES string of the molecule is CCOC1CC(NC(=O)C2CCC(C(=O)O)CC2)C12CCC2. The number of nitrogens with one attached hydrogen (secondary N) is 1. The molecule has 0 aromatic carbocycles. The van der Waals surface area contributed by atoms with Crippen LogP contribution in [-0.4, -0.2) is 35.7 Å². The molecule has 2 N–H and O–H groups in total. The highest BCUT2D eigenvalue weighted by molar-refractivity contribution is 5.80. The van der Waals surface area contributed by atoms with E-state index in [9.17, 15) is 9.59 Å². The van der Waals surface area contributed by atoms with Crippen LogP contribution in [0.5, 0.6) is 0 Å². The average Bonchev–Trinajstić information content (AvgIpc) is 2.44. The van der Waals surface area contributed by atoms with Crippen LogP contribution < -0.4 is 5.32 Å². The minimum absolute atomic E-state index is 0.00105. The van der Waals surface area contributed by atoms with Crippen LogP contribution in [0.3, 0.4) is 0 Å². The normalized spacial score (nSPS) is 36.2. The maximum Gasteiger partial charge on any atom is 0.306 e. The molecule has 1 amide bonds. The molecular formula is C17H27NO4. The number of rotatable bonds is 5. The van der Waals surface area contributed by atoms with E-state index in [1.807, 2.05) is 6.92 Å². The zero-order chi connectivity index (χ0) is 15.7. The highest BCUT2D eigenvalue weighted by Crippen LogP contribution is 2.57. The number of hydrogen-bond acceptors (Lipinski definition) is 3. The maximum absolute atomic E-state index is 12.5. The molecule has 5 nitrogen and oxygen atoms in total. The van der Waals surface area contributed by atoms with Crippen LogP contribution in [0.2, 0.25) is 0 Å². The lowest BCUT2D eigenvalue weighted by Crippen LogP contribution is -2.68. The third kappa shape index (κ3) is 2.64. The third-order valence-corrected chi connectivity index (χ3v) is 6.20. The Morgan fingerprint density at radius 2 is 1.82 bits per heavy atom. The topological polar surface area (TPSA) is 75.6 Å². The van der Waals surface area contributed by atoms with Gasteiger partial charge in [0.25, 0.3) is 0 Å². The Balaban J connectivity index is 1.50. The van der Waals surface area contributed by atoms with E-state index in [1.54, 1.807) is 0 Å². The summed E-state index contributed by atoms with van der Waals surface area (Å²) in [4.78, 5) is 23.4. The summed E-state index contributed by atoms with van der Waals surface area (Å²) in [6.45, 7) is 2.77. The average molecular weight is 309 g/mol. The maximum atomic E-state index is 12.5. The Hall–Kier alpha value is -1.10. The summed E-state index contributed by atoms with van der Waals surface area (Å²) in [7, 11) is 0. The van der Waals surface area contributed by atoms with Crippen molar-refractivity contribution in [2.24, 2.45) is 17.3 Å². The fourth-order valence-electron chi connectivity index (χ4n) is 4.53. The van der Waals surface area contributed by atoms with Crippen molar-refractivity contribution in [2.45, 2.75) is 70.4 Å². The summed E-state index contributed by atoms with van der Waals surface area (Å²) >= 11 is 0. The van der Waals surface area contributed by atoms with E-state index in [2.05, 4.69) is 5.32 Å². The van der Waals surface area contributed by atoms with Gasteiger partial charge >= 0.3 is 5.97 Å². The van der Waals surface area contributed by atoms with Gasteiger partial charge in [-0.1, -0.05) is 6.42 Å². The van der Waals surface area contributed by atoms with Crippen LogP contribution in [0.4, 0.5) is 0 Å². The number of amides is 1. The predicted molar refractivity (Wildman–Crippen MR) is 81.3 cm³/mol. The van der Waals surface area contributed by atoms with E-state index in [0.29, 0.717) is 31.8 Å². The summed E-state index contributed by atoms with van der Waals surface area (Å²) < 4.78 is 5.82. The van der Waals surface area contributed by atoms with Crippen molar-refractivity contribution in [2.75, 3.05) is 6.61 Å². The smallest absolute Gasteiger partial charge is 0.306 e. The minimum atomic E-state index is -0.717. The van der Waals surface area contributed by atoms with Crippen molar-refractivity contribution in [1.29, 1.82) is 0 Å². The van der Waals surface area contributed by atoms with E-state index in [4.69, 9.17) is 9.84 Å². The standard InChI is InChI=1S/C17H27NO4/c1-2-22-14-10-13(17(14)8-3-9-17)18-15(19)11-4-6-12(7-5-11)16(20)21/h11-14H,2-10H2,1H3,(H,18,19)(H,20,21). The van der Waals surface area contributed by atoms with Gasteiger partial charge < -0.3 is 15.2 Å². The van der Waals surface area contributed by atoms with Crippen molar-refractivity contribution in [3.05, 3.63) is 0 Å². The molecule has 22 heavy (non-hydrogen) atoms. The zero-order valence-corrected chi connectivity index (χ0v) is 13.3. The number of carbonyl (C=O) groups is 2. The van der Waals surface area contributed by atoms with Gasteiger partial charge in [-0.3, -0.25) is 9.59 Å². The first kappa shape index (κ1) is 15.8. The number of ether oxygens (including phenoxy) is 1. The molecule has 3 rings (SSSR count). The molecule has 0 radical (unpaired) electrons. The summed E-state index contributed by atoms with van der Waals surface area (Å²) in [5, 5.41) is 12.3. The van der Waals surface area contributed by atoms with Gasteiger partial charge in [0.15, 0.2) is 0 Å². The van der Waals surface area contributed by atoms with Crippen LogP contribution in [0.25, 0.3) is 0 Å². The Bertz CT molecular complexity index is 438. The van der Waals surface area contributed by atoms with Gasteiger partial charge in [0.1, 0.15) is 0 Å². The number of hydrogen-bond donors (Lipinski definition) is 2. The fourth-order valence-corrected chi connectivity index (χ4v) is 4.53. The van der Waals surface area contributed by atoms with Crippen LogP contribution in [0, 0.1) is 17.3 Å². The van der Waals surface area contributed by atoms with Crippen molar-refractivity contribution < 1.29 is 19.4 Å². The highest BCUT2D eigenvalue weighted by atomic mass is 16.5. The van der Waals surface area contributed by atoms with Gasteiger partial charge in [-0.05, 0) is 51.9 Å². The molecule has 2 unspecified atom stereocenters. The Kier molecular flexibility index (Phi) is 4.44. The van der Waals surface area contributed by atoms with E-state index >= 15 is 0 Å². The summed E-state index contributed by atoms with van der Waals surface area (Å²) in [6.07, 6.45) is 7.48. The second kappa shape index (κ2) is 6.19. The molecule has 0 aliphatic heterocycles. The molecular weight excluding hydrogens is 282 g/mol. The Morgan fingerprint density at radius 3 is 2.32 bits per heavy atom. The van der Waals surface area contributed by atoms with E-state index in [1.165, 1.54) is 6.42 Å². The third-order valence-electron chi connectivity index (χ3n) is 6.20. The molecule has 0 bridgehead atoms. The molecule has 0 saturated heterocycles. The largest absolute Gasteiger partial charge is 0.481 e. The highest BCUT2D eigenvalue weighted by Gasteiger charge is 2.59. The van der Waals surface area contributed by atoms with Crippen molar-refractivity contribution in [3.8, 4) is 0 Å². The molecule has 0 heterocycles. The first-order valence-electron chi connectivity index (χ1n) is 8.71. The Morgan fingerprint density at radius 1 is 1.18 bits per heavy atom. The zero-order valence-electron chi connectivity index (χ0n) is 13.3. The van der Waals surface area contributed by atoms with E-state index in [-0.39, 0.29) is 29.2 Å². The summed E-state index contributed by atoms with van der Waals surface area (Å²) in [6, 6.07) is 0.266. The molecule has 3 aliphatic rings. The summed E-state index contributed by atoms with van der Waals surface area (Å²) in [5.74, 6) is -0.840. The van der Waals surface area contributed by atoms with Gasteiger partial charge in [0, 0.05) is 24.0 Å². The lowest BCUT2D eigenvalue weighted by Gasteiger charge is -2.61. The number of carboxylic acid groups (broad SMARTS) is 1. The second-order valence-electron chi connectivity index (χ2n) is 7.21. The van der Waals surface area contributed by atoms with Crippen LogP contribution in [-0.2, 0) is 14.3 Å². The van der Waals surface area contributed by atoms with Gasteiger partial charge in [-0.25, -0.2) is 0 Å². The fraction of sp³-hybridized carbons (Fsp3) is 0.882. The lowest BCUT2D eigenvalue weighted by molar-refractivity contribution is -0.177. The number of aliphatic carboxylic acids is 1. The van der Waals surface area contributed by atoms with Crippen LogP contribution in [0.1, 0.15) is 58.3 Å². The minimum Gasteiger partial charge on any atom is -0.481 e. The van der Waals surface area contributed by atoms with Gasteiger partial charge in [-0.2, -0.15) is 0 Å². The number of carbonyl (C=O) groups excluding carboxylic acids is 1. The molecule has 0 aromatic heterocycles. The first-order chi connectivity index (χ1) is 10.6. The number of carboxylic acids is 1. The summed E-state index contributed by atoms with van der Waals surface area (Å²) in [5.41, 5.74) is 0.198. The van der Waals surface area contributed by atoms with E-state index in [0.717, 1.165) is 25.9 Å². The second-order valence-corrected chi connectivity index (χ2v) is 7.21. The molecule has 3 aliphatic carbocycles. The monoisotopic (exact) mass is 309 g/mol. The van der Waals surface area contributed by atoms with Crippen molar-refractivity contribution >= 4 is 11.9 Å². The quantitative estimate of drug-likeness (QED) is 0.817. The van der Waals surface area contributed by atoms with Crippen molar-refractivity contribution in [1.82, 2.24) is 5.32 Å². The van der Waals surface area contributed by atoms with Crippen molar-refractivity contribution in [3.63, 3.8) is 0 Å². The van der Waals surface area contributed by atoms with Gasteiger partial charge in [0.05, 0.1) is 12.0 Å². The Labute approximate surface area is 131 Å². The first-order valence-corrected chi connectivity index (χ1v) is 8.71.